The number of benzene rings is 1. The summed E-state index contributed by atoms with van der Waals surface area (Å²) in [5.41, 5.74) is 2.26. The van der Waals surface area contributed by atoms with Crippen molar-refractivity contribution in [3.63, 3.8) is 0 Å². The average Bonchev–Trinajstić information content (AvgIpc) is 3.07. The van der Waals surface area contributed by atoms with E-state index in [0.717, 1.165) is 10.3 Å². The molecule has 1 aromatic carbocycles. The molecule has 0 saturated heterocycles. The van der Waals surface area contributed by atoms with Gasteiger partial charge in [0.15, 0.2) is 5.13 Å². The molecule has 2 heterocycles. The number of anilines is 2. The predicted octanol–water partition coefficient (Wildman–Crippen LogP) is 1.96. The number of carbonyl (C=O) groups is 3. The molecule has 9 nitrogen and oxygen atoms in total. The highest BCUT2D eigenvalue weighted by molar-refractivity contribution is 7.23. The molecule has 10 heteroatoms. The second-order valence-corrected chi connectivity index (χ2v) is 6.99. The van der Waals surface area contributed by atoms with E-state index in [2.05, 4.69) is 10.3 Å². The quantitative estimate of drug-likeness (QED) is 0.770. The number of esters is 2. The Morgan fingerprint density at radius 2 is 1.93 bits per heavy atom. The Balaban J connectivity index is 2.22. The molecule has 0 fully saturated rings. The number of methoxy groups -OCH3 is 2. The lowest BCUT2D eigenvalue weighted by Crippen LogP contribution is -2.39. The van der Waals surface area contributed by atoms with Gasteiger partial charge in [-0.15, -0.1) is 0 Å². The van der Waals surface area contributed by atoms with Crippen LogP contribution in [0, 0.1) is 6.92 Å². The number of ether oxygens (including phenoxy) is 3. The van der Waals surface area contributed by atoms with Gasteiger partial charge in [0.25, 0.3) is 0 Å². The van der Waals surface area contributed by atoms with Crippen molar-refractivity contribution in [2.24, 2.45) is 0 Å². The number of fused-ring (bicyclic) bond motifs is 1. The van der Waals surface area contributed by atoms with Crippen LogP contribution in [0.4, 0.5) is 10.8 Å². The molecule has 0 bridgehead atoms. The molecule has 0 spiro atoms. The first-order chi connectivity index (χ1) is 13.4. The van der Waals surface area contributed by atoms with Crippen molar-refractivity contribution in [3.05, 3.63) is 29.0 Å². The van der Waals surface area contributed by atoms with E-state index < -0.39 is 11.9 Å². The van der Waals surface area contributed by atoms with E-state index in [4.69, 9.17) is 14.2 Å². The van der Waals surface area contributed by atoms with Crippen LogP contribution in [-0.4, -0.2) is 50.4 Å². The van der Waals surface area contributed by atoms with Crippen molar-refractivity contribution in [1.82, 2.24) is 4.98 Å². The van der Waals surface area contributed by atoms with Crippen molar-refractivity contribution in [3.8, 4) is 0 Å². The summed E-state index contributed by atoms with van der Waals surface area (Å²) in [6, 6.07) is 3.67. The van der Waals surface area contributed by atoms with Crippen LogP contribution in [-0.2, 0) is 28.6 Å². The highest BCUT2D eigenvalue weighted by atomic mass is 32.1. The van der Waals surface area contributed by atoms with Gasteiger partial charge >= 0.3 is 11.9 Å². The molecule has 0 atom stereocenters. The average molecular weight is 405 g/mol. The maximum Gasteiger partial charge on any atom is 0.355 e. The van der Waals surface area contributed by atoms with Crippen LogP contribution in [0.25, 0.3) is 10.2 Å². The normalized spacial score (nSPS) is 14.2. The van der Waals surface area contributed by atoms with Gasteiger partial charge in [-0.3, -0.25) is 4.79 Å². The minimum atomic E-state index is -0.674. The monoisotopic (exact) mass is 405 g/mol. The topological polar surface area (TPSA) is 107 Å². The molecule has 1 N–H and O–H groups in total. The van der Waals surface area contributed by atoms with Gasteiger partial charge in [-0.1, -0.05) is 17.4 Å². The van der Waals surface area contributed by atoms with Crippen LogP contribution in [0.1, 0.15) is 12.5 Å². The molecule has 0 unspecified atom stereocenters. The fraction of sp³-hybridized carbons (Fsp3) is 0.333. The molecular weight excluding hydrogens is 386 g/mol. The Morgan fingerprint density at radius 3 is 2.57 bits per heavy atom. The smallest absolute Gasteiger partial charge is 0.355 e. The van der Waals surface area contributed by atoms with Crippen molar-refractivity contribution in [2.75, 3.05) is 37.8 Å². The zero-order valence-corrected chi connectivity index (χ0v) is 16.6. The molecule has 28 heavy (non-hydrogen) atoms. The highest BCUT2D eigenvalue weighted by Gasteiger charge is 2.34. The summed E-state index contributed by atoms with van der Waals surface area (Å²) in [5.74, 6) is -1.58. The molecule has 0 saturated carbocycles. The highest BCUT2D eigenvalue weighted by Crippen LogP contribution is 2.39. The third-order valence-electron chi connectivity index (χ3n) is 4.12. The van der Waals surface area contributed by atoms with Crippen molar-refractivity contribution in [2.45, 2.75) is 13.8 Å². The minimum absolute atomic E-state index is 0.0399. The fourth-order valence-electron chi connectivity index (χ4n) is 2.94. The third kappa shape index (κ3) is 3.56. The van der Waals surface area contributed by atoms with Crippen molar-refractivity contribution in [1.29, 1.82) is 0 Å². The number of amides is 1. The molecule has 1 aromatic heterocycles. The zero-order chi connectivity index (χ0) is 20.4. The van der Waals surface area contributed by atoms with Gasteiger partial charge in [0.05, 0.1) is 42.3 Å². The van der Waals surface area contributed by atoms with E-state index in [1.54, 1.807) is 4.90 Å². The van der Waals surface area contributed by atoms with Crippen LogP contribution < -0.4 is 10.2 Å². The summed E-state index contributed by atoms with van der Waals surface area (Å²) < 4.78 is 16.0. The first-order valence-electron chi connectivity index (χ1n) is 8.30. The van der Waals surface area contributed by atoms with E-state index in [-0.39, 0.29) is 30.5 Å². The lowest BCUT2D eigenvalue weighted by molar-refractivity contribution is -0.140. The maximum atomic E-state index is 12.5. The van der Waals surface area contributed by atoms with Crippen LogP contribution in [0.3, 0.4) is 0 Å². The molecule has 0 radical (unpaired) electrons. The largest absolute Gasteiger partial charge is 0.466 e. The maximum absolute atomic E-state index is 12.5. The Labute approximate surface area is 164 Å². The number of hydrogen-bond donors (Lipinski definition) is 1. The van der Waals surface area contributed by atoms with Crippen LogP contribution in [0.2, 0.25) is 0 Å². The Hall–Kier alpha value is -2.98. The van der Waals surface area contributed by atoms with Crippen LogP contribution >= 0.6 is 11.3 Å². The van der Waals surface area contributed by atoms with Gasteiger partial charge in [-0.2, -0.15) is 0 Å². The Kier molecular flexibility index (Phi) is 5.61. The van der Waals surface area contributed by atoms with Gasteiger partial charge in [0.2, 0.25) is 5.91 Å². The van der Waals surface area contributed by atoms with Gasteiger partial charge in [-0.25, -0.2) is 14.6 Å². The first-order valence-corrected chi connectivity index (χ1v) is 9.11. The van der Waals surface area contributed by atoms with E-state index >= 15 is 0 Å². The van der Waals surface area contributed by atoms with E-state index in [1.807, 2.05) is 19.1 Å². The molecule has 1 aliphatic heterocycles. The molecule has 3 rings (SSSR count). The summed E-state index contributed by atoms with van der Waals surface area (Å²) >= 11 is 1.27. The SMILES string of the molecule is COC(=O)C1=C(C(=O)OC)N(c2c(C)ccc3nc(NC(C)=O)sc23)COC1. The molecular formula is C18H19N3O6S. The number of aromatic nitrogens is 1. The van der Waals surface area contributed by atoms with Gasteiger partial charge < -0.3 is 24.4 Å². The summed E-state index contributed by atoms with van der Waals surface area (Å²) in [5, 5.41) is 3.10. The van der Waals surface area contributed by atoms with E-state index in [1.165, 1.54) is 32.5 Å². The standard InChI is InChI=1S/C18H19N3O6S/c1-9-5-6-12-15(28-18(20-12)19-10(2)22)13(9)21-8-27-7-11(16(23)25-3)14(21)17(24)26-4/h5-6H,7-8H2,1-4H3,(H,19,20,22). The number of thiazole rings is 1. The predicted molar refractivity (Wildman–Crippen MR) is 103 cm³/mol. The minimum Gasteiger partial charge on any atom is -0.466 e. The molecule has 0 aliphatic carbocycles. The van der Waals surface area contributed by atoms with Gasteiger partial charge in [0.1, 0.15) is 12.4 Å². The van der Waals surface area contributed by atoms with Gasteiger partial charge in [0, 0.05) is 6.92 Å². The van der Waals surface area contributed by atoms with E-state index in [9.17, 15) is 14.4 Å². The summed E-state index contributed by atoms with van der Waals surface area (Å²) in [6.45, 7) is 3.24. The summed E-state index contributed by atoms with van der Waals surface area (Å²) in [6.07, 6.45) is 0. The van der Waals surface area contributed by atoms with Crippen LogP contribution in [0.5, 0.6) is 0 Å². The third-order valence-corrected chi connectivity index (χ3v) is 5.11. The van der Waals surface area contributed by atoms with Gasteiger partial charge in [-0.05, 0) is 18.6 Å². The molecule has 148 valence electrons. The number of nitrogens with zero attached hydrogens (tertiary/aromatic N) is 2. The first kappa shape index (κ1) is 19.8. The van der Waals surface area contributed by atoms with E-state index in [0.29, 0.717) is 16.3 Å². The Morgan fingerprint density at radius 1 is 1.21 bits per heavy atom. The number of carbonyl (C=O) groups excluding carboxylic acids is 3. The van der Waals surface area contributed by atoms with Crippen molar-refractivity contribution >= 4 is 50.2 Å². The zero-order valence-electron chi connectivity index (χ0n) is 15.8. The molecule has 2 aromatic rings. The second kappa shape index (κ2) is 7.95. The van der Waals surface area contributed by atoms with Crippen LogP contribution in [0.15, 0.2) is 23.4 Å². The summed E-state index contributed by atoms with van der Waals surface area (Å²) in [7, 11) is 2.48. The lowest BCUT2D eigenvalue weighted by atomic mass is 10.1. The second-order valence-electron chi connectivity index (χ2n) is 6.00. The number of hydrogen-bond acceptors (Lipinski definition) is 9. The molecule has 1 amide bonds. The number of nitrogens with one attached hydrogen (secondary N) is 1. The molecule has 1 aliphatic rings. The Bertz CT molecular complexity index is 997. The number of aryl methyl sites for hydroxylation is 1. The lowest BCUT2D eigenvalue weighted by Gasteiger charge is -2.32. The van der Waals surface area contributed by atoms with Crippen molar-refractivity contribution < 1.29 is 28.6 Å². The number of rotatable bonds is 4. The summed E-state index contributed by atoms with van der Waals surface area (Å²) in [4.78, 5) is 42.1. The fourth-order valence-corrected chi connectivity index (χ4v) is 4.05.